The predicted molar refractivity (Wildman–Crippen MR) is 131 cm³/mol. The molecule has 2 aromatic carbocycles. The van der Waals surface area contributed by atoms with Crippen LogP contribution in [0.25, 0.3) is 0 Å². The topological polar surface area (TPSA) is 66.0 Å². The van der Waals surface area contributed by atoms with Crippen LogP contribution < -0.4 is 15.4 Å². The second kappa shape index (κ2) is 12.1. The smallest absolute Gasteiger partial charge is 0.253 e. The highest BCUT2D eigenvalue weighted by molar-refractivity contribution is 5.94. The van der Waals surface area contributed by atoms with Crippen molar-refractivity contribution in [2.75, 3.05) is 34.2 Å². The van der Waals surface area contributed by atoms with E-state index in [-0.39, 0.29) is 5.91 Å². The van der Waals surface area contributed by atoms with Crippen molar-refractivity contribution in [2.45, 2.75) is 44.6 Å². The number of aliphatic imine (C=N–C) groups is 1. The molecule has 0 aliphatic heterocycles. The normalized spacial score (nSPS) is 14.3. The van der Waals surface area contributed by atoms with Crippen molar-refractivity contribution in [3.63, 3.8) is 0 Å². The van der Waals surface area contributed by atoms with E-state index in [0.717, 1.165) is 48.8 Å². The summed E-state index contributed by atoms with van der Waals surface area (Å²) in [6.45, 7) is 1.54. The molecule has 1 aliphatic carbocycles. The van der Waals surface area contributed by atoms with E-state index in [1.807, 2.05) is 24.3 Å². The molecule has 2 N–H and O–H groups in total. The molecule has 0 unspecified atom stereocenters. The van der Waals surface area contributed by atoms with Crippen LogP contribution in [0.5, 0.6) is 5.75 Å². The van der Waals surface area contributed by atoms with Crippen LogP contribution in [0.4, 0.5) is 0 Å². The van der Waals surface area contributed by atoms with Crippen molar-refractivity contribution in [3.8, 4) is 5.75 Å². The lowest BCUT2D eigenvalue weighted by Gasteiger charge is -2.14. The monoisotopic (exact) mass is 436 g/mol. The number of ether oxygens (including phenoxy) is 1. The summed E-state index contributed by atoms with van der Waals surface area (Å²) >= 11 is 0. The van der Waals surface area contributed by atoms with Gasteiger partial charge in [0.1, 0.15) is 5.75 Å². The first-order chi connectivity index (χ1) is 15.5. The first-order valence-corrected chi connectivity index (χ1v) is 11.6. The van der Waals surface area contributed by atoms with Crippen LogP contribution in [-0.4, -0.2) is 57.1 Å². The zero-order valence-electron chi connectivity index (χ0n) is 19.6. The van der Waals surface area contributed by atoms with Crippen LogP contribution >= 0.6 is 0 Å². The third-order valence-corrected chi connectivity index (χ3v) is 5.74. The van der Waals surface area contributed by atoms with Gasteiger partial charge in [-0.1, -0.05) is 24.3 Å². The van der Waals surface area contributed by atoms with E-state index in [9.17, 15) is 4.79 Å². The van der Waals surface area contributed by atoms with Crippen molar-refractivity contribution in [3.05, 3.63) is 65.2 Å². The number of benzene rings is 2. The lowest BCUT2D eigenvalue weighted by Crippen LogP contribution is -2.39. The maximum Gasteiger partial charge on any atom is 0.253 e. The fourth-order valence-electron chi connectivity index (χ4n) is 3.92. The molecule has 0 saturated heterocycles. The molecule has 6 nitrogen and oxygen atoms in total. The summed E-state index contributed by atoms with van der Waals surface area (Å²) in [5, 5.41) is 6.72. The fourth-order valence-corrected chi connectivity index (χ4v) is 3.92. The minimum Gasteiger partial charge on any atom is -0.490 e. The number of nitrogens with one attached hydrogen (secondary N) is 2. The van der Waals surface area contributed by atoms with Gasteiger partial charge in [-0.25, -0.2) is 0 Å². The Kier molecular flexibility index (Phi) is 8.96. The molecule has 0 radical (unpaired) electrons. The second-order valence-electron chi connectivity index (χ2n) is 8.49. The van der Waals surface area contributed by atoms with E-state index in [2.05, 4.69) is 39.9 Å². The molecule has 0 atom stereocenters. The van der Waals surface area contributed by atoms with Gasteiger partial charge in [-0.05, 0) is 73.9 Å². The molecule has 0 aromatic heterocycles. The third kappa shape index (κ3) is 7.29. The zero-order valence-corrected chi connectivity index (χ0v) is 19.6. The molecule has 0 bridgehead atoms. The largest absolute Gasteiger partial charge is 0.490 e. The maximum atomic E-state index is 12.1. The molecular weight excluding hydrogens is 400 g/mol. The van der Waals surface area contributed by atoms with Gasteiger partial charge in [0.2, 0.25) is 0 Å². The van der Waals surface area contributed by atoms with Crippen LogP contribution in [0, 0.1) is 0 Å². The standard InChI is InChI=1S/C26H36N4O2/c1-27-26(29-18-16-21-7-6-8-22(19-21)25(31)30(2)3)28-17-15-20-11-13-24(14-12-20)32-23-9-4-5-10-23/h6-8,11-14,19,23H,4-5,9-10,15-18H2,1-3H3,(H2,27,28,29). The molecular formula is C26H36N4O2. The Morgan fingerprint density at radius 1 is 1.00 bits per heavy atom. The summed E-state index contributed by atoms with van der Waals surface area (Å²) in [5.74, 6) is 1.78. The van der Waals surface area contributed by atoms with Crippen molar-refractivity contribution in [2.24, 2.45) is 4.99 Å². The van der Waals surface area contributed by atoms with Gasteiger partial charge >= 0.3 is 0 Å². The van der Waals surface area contributed by atoms with Crippen molar-refractivity contribution < 1.29 is 9.53 Å². The number of hydrogen-bond acceptors (Lipinski definition) is 3. The summed E-state index contributed by atoms with van der Waals surface area (Å²) < 4.78 is 6.04. The summed E-state index contributed by atoms with van der Waals surface area (Å²) in [7, 11) is 5.32. The van der Waals surface area contributed by atoms with E-state index < -0.39 is 0 Å². The molecule has 0 spiro atoms. The highest BCUT2D eigenvalue weighted by Gasteiger charge is 2.16. The number of carbonyl (C=O) groups is 1. The van der Waals surface area contributed by atoms with Crippen LogP contribution in [0.3, 0.4) is 0 Å². The molecule has 3 rings (SSSR count). The Balaban J connectivity index is 1.38. The average Bonchev–Trinajstić information content (AvgIpc) is 3.32. The lowest BCUT2D eigenvalue weighted by atomic mass is 10.1. The minimum absolute atomic E-state index is 0.0235. The van der Waals surface area contributed by atoms with Gasteiger partial charge in [0, 0.05) is 39.8 Å². The number of nitrogens with zero attached hydrogens (tertiary/aromatic N) is 2. The summed E-state index contributed by atoms with van der Waals surface area (Å²) in [5.41, 5.74) is 3.12. The van der Waals surface area contributed by atoms with Crippen LogP contribution in [0.15, 0.2) is 53.5 Å². The number of rotatable bonds is 9. The number of amides is 1. The third-order valence-electron chi connectivity index (χ3n) is 5.74. The van der Waals surface area contributed by atoms with Crippen LogP contribution in [0.2, 0.25) is 0 Å². The van der Waals surface area contributed by atoms with E-state index in [0.29, 0.717) is 6.10 Å². The van der Waals surface area contributed by atoms with Gasteiger partial charge in [-0.15, -0.1) is 0 Å². The SMILES string of the molecule is CN=C(NCCc1ccc(OC2CCCC2)cc1)NCCc1cccc(C(=O)N(C)C)c1. The molecule has 1 fully saturated rings. The molecule has 1 saturated carbocycles. The molecule has 1 amide bonds. The Morgan fingerprint density at radius 2 is 1.66 bits per heavy atom. The molecule has 32 heavy (non-hydrogen) atoms. The number of carbonyl (C=O) groups excluding carboxylic acids is 1. The lowest BCUT2D eigenvalue weighted by molar-refractivity contribution is 0.0827. The Labute approximate surface area is 192 Å². The summed E-state index contributed by atoms with van der Waals surface area (Å²) in [6, 6.07) is 16.2. The van der Waals surface area contributed by atoms with Gasteiger partial charge in [-0.2, -0.15) is 0 Å². The van der Waals surface area contributed by atoms with Gasteiger partial charge in [0.05, 0.1) is 6.10 Å². The van der Waals surface area contributed by atoms with E-state index in [1.165, 1.54) is 31.2 Å². The van der Waals surface area contributed by atoms with Crippen LogP contribution in [-0.2, 0) is 12.8 Å². The van der Waals surface area contributed by atoms with Gasteiger partial charge in [0.25, 0.3) is 5.91 Å². The van der Waals surface area contributed by atoms with E-state index >= 15 is 0 Å². The van der Waals surface area contributed by atoms with Crippen molar-refractivity contribution in [1.82, 2.24) is 15.5 Å². The summed E-state index contributed by atoms with van der Waals surface area (Å²) in [6.07, 6.45) is 7.05. The molecule has 0 heterocycles. The fraction of sp³-hybridized carbons (Fsp3) is 0.462. The molecule has 2 aromatic rings. The number of guanidine groups is 1. The number of hydrogen-bond donors (Lipinski definition) is 2. The van der Waals surface area contributed by atoms with Gasteiger partial charge in [0.15, 0.2) is 5.96 Å². The first kappa shape index (κ1) is 23.6. The van der Waals surface area contributed by atoms with Gasteiger partial charge < -0.3 is 20.3 Å². The molecule has 1 aliphatic rings. The Hall–Kier alpha value is -3.02. The predicted octanol–water partition coefficient (Wildman–Crippen LogP) is 3.66. The summed E-state index contributed by atoms with van der Waals surface area (Å²) in [4.78, 5) is 18.0. The van der Waals surface area contributed by atoms with Gasteiger partial charge in [-0.3, -0.25) is 9.79 Å². The van der Waals surface area contributed by atoms with Crippen molar-refractivity contribution in [1.29, 1.82) is 0 Å². The molecule has 172 valence electrons. The first-order valence-electron chi connectivity index (χ1n) is 11.6. The quantitative estimate of drug-likeness (QED) is 0.465. The average molecular weight is 437 g/mol. The van der Waals surface area contributed by atoms with Crippen LogP contribution in [0.1, 0.15) is 47.2 Å². The highest BCUT2D eigenvalue weighted by atomic mass is 16.5. The highest BCUT2D eigenvalue weighted by Crippen LogP contribution is 2.24. The zero-order chi connectivity index (χ0) is 22.8. The molecule has 6 heteroatoms. The maximum absolute atomic E-state index is 12.1. The second-order valence-corrected chi connectivity index (χ2v) is 8.49. The minimum atomic E-state index is 0.0235. The Morgan fingerprint density at radius 3 is 2.28 bits per heavy atom. The van der Waals surface area contributed by atoms with E-state index in [4.69, 9.17) is 4.74 Å². The van der Waals surface area contributed by atoms with Crippen molar-refractivity contribution >= 4 is 11.9 Å². The Bertz CT molecular complexity index is 887. The van der Waals surface area contributed by atoms with E-state index in [1.54, 1.807) is 26.0 Å².